The fourth-order valence-corrected chi connectivity index (χ4v) is 2.61. The van der Waals surface area contributed by atoms with E-state index in [9.17, 15) is 4.79 Å². The minimum absolute atomic E-state index is 0. The Bertz CT molecular complexity index is 740. The summed E-state index contributed by atoms with van der Waals surface area (Å²) in [5, 5.41) is 2.86. The third-order valence-corrected chi connectivity index (χ3v) is 3.83. The minimum atomic E-state index is -0.228. The lowest BCUT2D eigenvalue weighted by molar-refractivity contribution is 0.102. The number of carbonyl (C=O) groups is 1. The van der Waals surface area contributed by atoms with Crippen LogP contribution in [0.15, 0.2) is 36.5 Å². The predicted octanol–water partition coefficient (Wildman–Crippen LogP) is 2.60. The Morgan fingerprint density at radius 1 is 1.27 bits per heavy atom. The van der Waals surface area contributed by atoms with Crippen molar-refractivity contribution in [2.45, 2.75) is 0 Å². The van der Waals surface area contributed by atoms with E-state index in [1.54, 1.807) is 43.6 Å². The van der Waals surface area contributed by atoms with Crippen LogP contribution in [-0.4, -0.2) is 44.3 Å². The van der Waals surface area contributed by atoms with Gasteiger partial charge in [-0.3, -0.25) is 4.79 Å². The van der Waals surface area contributed by atoms with E-state index < -0.39 is 0 Å². The number of carbonyl (C=O) groups excluding carboxylic acids is 1. The molecule has 9 heteroatoms. The van der Waals surface area contributed by atoms with Gasteiger partial charge in [-0.15, -0.1) is 24.8 Å². The number of aromatic nitrogens is 1. The summed E-state index contributed by atoms with van der Waals surface area (Å²) in [5.74, 6) is 1.01. The Hall–Kier alpha value is -2.22. The molecule has 1 aliphatic heterocycles. The molecule has 1 aliphatic rings. The maximum atomic E-state index is 12.7. The third-order valence-electron chi connectivity index (χ3n) is 3.83. The molecule has 0 atom stereocenters. The van der Waals surface area contributed by atoms with Crippen LogP contribution < -0.4 is 20.7 Å². The van der Waals surface area contributed by atoms with Crippen molar-refractivity contribution in [2.24, 2.45) is 0 Å². The summed E-state index contributed by atoms with van der Waals surface area (Å²) in [6.45, 7) is 2.69. The molecule has 0 aliphatic carbocycles. The summed E-state index contributed by atoms with van der Waals surface area (Å²) in [6.07, 6.45) is 1.69. The van der Waals surface area contributed by atoms with Crippen LogP contribution in [0.2, 0.25) is 0 Å². The van der Waals surface area contributed by atoms with Gasteiger partial charge in [-0.1, -0.05) is 0 Å². The highest BCUT2D eigenvalue weighted by Crippen LogP contribution is 2.26. The molecule has 0 bridgehead atoms. The first-order valence-electron chi connectivity index (χ1n) is 7.71. The molecule has 1 amide bonds. The monoisotopic (exact) mass is 400 g/mol. The van der Waals surface area contributed by atoms with Crippen LogP contribution >= 0.6 is 24.8 Å². The smallest absolute Gasteiger partial charge is 0.259 e. The topological polar surface area (TPSA) is 89.7 Å². The molecule has 26 heavy (non-hydrogen) atoms. The van der Waals surface area contributed by atoms with Crippen molar-refractivity contribution in [2.75, 3.05) is 49.4 Å². The van der Waals surface area contributed by atoms with Crippen LogP contribution in [0, 0.1) is 0 Å². The van der Waals surface area contributed by atoms with Crippen molar-refractivity contribution in [1.82, 2.24) is 4.98 Å². The molecule has 2 heterocycles. The second-order valence-corrected chi connectivity index (χ2v) is 5.38. The molecule has 0 spiro atoms. The number of nitrogens with zero attached hydrogens (tertiary/aromatic N) is 2. The average Bonchev–Trinajstić information content (AvgIpc) is 2.62. The van der Waals surface area contributed by atoms with E-state index in [0.717, 1.165) is 0 Å². The van der Waals surface area contributed by atoms with Gasteiger partial charge >= 0.3 is 0 Å². The number of nitrogen functional groups attached to an aromatic ring is 1. The van der Waals surface area contributed by atoms with E-state index in [2.05, 4.69) is 15.2 Å². The Morgan fingerprint density at radius 3 is 2.65 bits per heavy atom. The largest absolute Gasteiger partial charge is 0.495 e. The summed E-state index contributed by atoms with van der Waals surface area (Å²) in [6, 6.07) is 8.65. The van der Waals surface area contributed by atoms with Crippen molar-refractivity contribution in [3.63, 3.8) is 0 Å². The number of amides is 1. The average molecular weight is 401 g/mol. The Labute approximate surface area is 164 Å². The molecule has 1 fully saturated rings. The summed E-state index contributed by atoms with van der Waals surface area (Å²) in [4.78, 5) is 19.1. The van der Waals surface area contributed by atoms with E-state index >= 15 is 0 Å². The number of hydrogen-bond donors (Lipinski definition) is 2. The van der Waals surface area contributed by atoms with Crippen LogP contribution in [0.25, 0.3) is 0 Å². The SMILES string of the molecule is COc1ccc(NC(=O)c2cccnc2N2CCOCC2)cc1N.Cl.Cl. The van der Waals surface area contributed by atoms with Gasteiger partial charge in [0.1, 0.15) is 11.6 Å². The number of rotatable bonds is 4. The zero-order valence-corrected chi connectivity index (χ0v) is 15.9. The Balaban J connectivity index is 0.00000169. The molecule has 1 saturated heterocycles. The second-order valence-electron chi connectivity index (χ2n) is 5.38. The molecule has 142 valence electrons. The second kappa shape index (κ2) is 10.1. The number of nitrogens with two attached hydrogens (primary N) is 1. The number of methoxy groups -OCH3 is 1. The predicted molar refractivity (Wildman–Crippen MR) is 107 cm³/mol. The van der Waals surface area contributed by atoms with Crippen LogP contribution in [0.4, 0.5) is 17.2 Å². The molecular formula is C17H22Cl2N4O3. The van der Waals surface area contributed by atoms with Crippen LogP contribution in [0.3, 0.4) is 0 Å². The lowest BCUT2D eigenvalue weighted by Crippen LogP contribution is -2.38. The molecular weight excluding hydrogens is 379 g/mol. The lowest BCUT2D eigenvalue weighted by Gasteiger charge is -2.29. The van der Waals surface area contributed by atoms with E-state index in [1.165, 1.54) is 0 Å². The van der Waals surface area contributed by atoms with Gasteiger partial charge in [0.25, 0.3) is 5.91 Å². The van der Waals surface area contributed by atoms with E-state index in [0.29, 0.717) is 54.8 Å². The van der Waals surface area contributed by atoms with Crippen molar-refractivity contribution in [3.8, 4) is 5.75 Å². The third kappa shape index (κ3) is 4.91. The number of ether oxygens (including phenoxy) is 2. The van der Waals surface area contributed by atoms with Gasteiger partial charge in [0.05, 0.1) is 31.6 Å². The van der Waals surface area contributed by atoms with Crippen molar-refractivity contribution in [1.29, 1.82) is 0 Å². The van der Waals surface area contributed by atoms with Gasteiger partial charge in [-0.05, 0) is 30.3 Å². The highest BCUT2D eigenvalue weighted by atomic mass is 35.5. The molecule has 1 aromatic heterocycles. The number of benzene rings is 1. The maximum absolute atomic E-state index is 12.7. The lowest BCUT2D eigenvalue weighted by atomic mass is 10.2. The minimum Gasteiger partial charge on any atom is -0.495 e. The van der Waals surface area contributed by atoms with Gasteiger partial charge in [0.2, 0.25) is 0 Å². The highest BCUT2D eigenvalue weighted by molar-refractivity contribution is 6.07. The number of nitrogens with one attached hydrogen (secondary N) is 1. The maximum Gasteiger partial charge on any atom is 0.259 e. The molecule has 2 aromatic rings. The summed E-state index contributed by atoms with van der Waals surface area (Å²) in [5.41, 5.74) is 7.48. The quantitative estimate of drug-likeness (QED) is 0.766. The number of anilines is 3. The number of pyridine rings is 1. The van der Waals surface area contributed by atoms with Crippen molar-refractivity contribution < 1.29 is 14.3 Å². The van der Waals surface area contributed by atoms with E-state index in [4.69, 9.17) is 15.2 Å². The molecule has 0 radical (unpaired) electrons. The zero-order chi connectivity index (χ0) is 16.9. The summed E-state index contributed by atoms with van der Waals surface area (Å²) in [7, 11) is 1.55. The summed E-state index contributed by atoms with van der Waals surface area (Å²) >= 11 is 0. The van der Waals surface area contributed by atoms with E-state index in [-0.39, 0.29) is 30.7 Å². The zero-order valence-electron chi connectivity index (χ0n) is 14.3. The first-order chi connectivity index (χ1) is 11.7. The fourth-order valence-electron chi connectivity index (χ4n) is 2.61. The first-order valence-corrected chi connectivity index (χ1v) is 7.71. The molecule has 3 rings (SSSR count). The van der Waals surface area contributed by atoms with Crippen LogP contribution in [-0.2, 0) is 4.74 Å². The summed E-state index contributed by atoms with van der Waals surface area (Å²) < 4.78 is 10.5. The standard InChI is InChI=1S/C17H20N4O3.2ClH/c1-23-15-5-4-12(11-14(15)18)20-17(22)13-3-2-6-19-16(13)21-7-9-24-10-8-21;;/h2-6,11H,7-10,18H2,1H3,(H,20,22);2*1H. The van der Waals surface area contributed by atoms with Gasteiger partial charge in [-0.2, -0.15) is 0 Å². The number of morpholine rings is 1. The Kier molecular flexibility index (Phi) is 8.44. The van der Waals surface area contributed by atoms with Crippen molar-refractivity contribution >= 4 is 47.9 Å². The fraction of sp³-hybridized carbons (Fsp3) is 0.294. The van der Waals surface area contributed by atoms with Gasteiger partial charge in [0.15, 0.2) is 0 Å². The molecule has 7 nitrogen and oxygen atoms in total. The first kappa shape index (κ1) is 21.8. The molecule has 0 unspecified atom stereocenters. The normalized spacial score (nSPS) is 13.2. The number of halogens is 2. The highest BCUT2D eigenvalue weighted by Gasteiger charge is 2.20. The van der Waals surface area contributed by atoms with Gasteiger partial charge in [0, 0.05) is 25.0 Å². The molecule has 3 N–H and O–H groups in total. The molecule has 0 saturated carbocycles. The van der Waals surface area contributed by atoms with E-state index in [1.807, 2.05) is 0 Å². The molecule has 1 aromatic carbocycles. The number of hydrogen-bond acceptors (Lipinski definition) is 6. The van der Waals surface area contributed by atoms with Crippen LogP contribution in [0.1, 0.15) is 10.4 Å². The van der Waals surface area contributed by atoms with Crippen molar-refractivity contribution in [3.05, 3.63) is 42.1 Å². The Morgan fingerprint density at radius 2 is 2.00 bits per heavy atom. The van der Waals surface area contributed by atoms with Gasteiger partial charge < -0.3 is 25.4 Å². The van der Waals surface area contributed by atoms with Crippen LogP contribution in [0.5, 0.6) is 5.75 Å². The van der Waals surface area contributed by atoms with Gasteiger partial charge in [-0.25, -0.2) is 4.98 Å².